The summed E-state index contributed by atoms with van der Waals surface area (Å²) in [5.41, 5.74) is 0.990. The fourth-order valence-electron chi connectivity index (χ4n) is 1.66. The van der Waals surface area contributed by atoms with Crippen molar-refractivity contribution in [2.45, 2.75) is 19.6 Å². The molecular formula is C13H14F2N2O2. The third kappa shape index (κ3) is 3.51. The first kappa shape index (κ1) is 13.5. The summed E-state index contributed by atoms with van der Waals surface area (Å²) >= 11 is 0. The zero-order valence-corrected chi connectivity index (χ0v) is 10.2. The zero-order chi connectivity index (χ0) is 13.7. The van der Waals surface area contributed by atoms with E-state index in [-0.39, 0.29) is 19.0 Å². The molecule has 1 aromatic carbocycles. The Morgan fingerprint density at radius 1 is 1.26 bits per heavy atom. The molecule has 1 aromatic heterocycles. The number of aromatic nitrogens is 2. The molecule has 0 spiro atoms. The lowest BCUT2D eigenvalue weighted by molar-refractivity contribution is 0.0632. The van der Waals surface area contributed by atoms with E-state index in [1.807, 2.05) is 12.1 Å². The highest BCUT2D eigenvalue weighted by molar-refractivity contribution is 5.27. The van der Waals surface area contributed by atoms with E-state index in [1.165, 1.54) is 12.4 Å². The summed E-state index contributed by atoms with van der Waals surface area (Å²) in [5, 5.41) is 8.79. The summed E-state index contributed by atoms with van der Waals surface area (Å²) in [6.45, 7) is -2.55. The molecule has 0 fully saturated rings. The monoisotopic (exact) mass is 268 g/mol. The molecule has 0 amide bonds. The van der Waals surface area contributed by atoms with E-state index in [1.54, 1.807) is 12.1 Å². The van der Waals surface area contributed by atoms with Gasteiger partial charge in [0.2, 0.25) is 0 Å². The van der Waals surface area contributed by atoms with Gasteiger partial charge in [0.25, 0.3) is 0 Å². The molecule has 102 valence electrons. The van der Waals surface area contributed by atoms with Crippen LogP contribution in [0, 0.1) is 0 Å². The molecule has 1 N–H and O–H groups in total. The Kier molecular flexibility index (Phi) is 4.46. The number of nitrogens with zero attached hydrogens (tertiary/aromatic N) is 2. The van der Waals surface area contributed by atoms with Crippen LogP contribution in [0.2, 0.25) is 0 Å². The van der Waals surface area contributed by atoms with Gasteiger partial charge in [-0.3, -0.25) is 4.57 Å². The van der Waals surface area contributed by atoms with Crippen LogP contribution >= 0.6 is 0 Å². The molecule has 0 aliphatic carbocycles. The van der Waals surface area contributed by atoms with Crippen molar-refractivity contribution in [2.75, 3.05) is 6.61 Å². The summed E-state index contributed by atoms with van der Waals surface area (Å²) in [6, 6.07) is 7.12. The minimum absolute atomic E-state index is 0.0172. The molecule has 0 aliphatic heterocycles. The first-order chi connectivity index (χ1) is 9.20. The molecule has 4 nitrogen and oxygen atoms in total. The Morgan fingerprint density at radius 3 is 2.63 bits per heavy atom. The summed E-state index contributed by atoms with van der Waals surface area (Å²) in [5.74, 6) is 0.750. The van der Waals surface area contributed by atoms with Crippen LogP contribution in [-0.4, -0.2) is 21.3 Å². The number of aliphatic hydroxyl groups is 1. The predicted octanol–water partition coefficient (Wildman–Crippen LogP) is 2.39. The molecule has 0 saturated heterocycles. The molecular weight excluding hydrogens is 254 g/mol. The van der Waals surface area contributed by atoms with Gasteiger partial charge < -0.3 is 9.84 Å². The molecule has 19 heavy (non-hydrogen) atoms. The van der Waals surface area contributed by atoms with E-state index < -0.39 is 6.55 Å². The lowest BCUT2D eigenvalue weighted by atomic mass is 10.1. The van der Waals surface area contributed by atoms with E-state index in [0.717, 1.165) is 10.1 Å². The van der Waals surface area contributed by atoms with Gasteiger partial charge in [0, 0.05) is 19.0 Å². The van der Waals surface area contributed by atoms with Crippen LogP contribution < -0.4 is 4.74 Å². The van der Waals surface area contributed by atoms with Crippen molar-refractivity contribution in [1.29, 1.82) is 0 Å². The molecule has 2 aromatic rings. The third-order valence-corrected chi connectivity index (χ3v) is 2.65. The topological polar surface area (TPSA) is 47.3 Å². The minimum atomic E-state index is -2.62. The quantitative estimate of drug-likeness (QED) is 0.875. The standard InChI is InChI=1S/C13H14F2N2O2/c14-13(15)17-7-6-16-12(17)9-19-11-3-1-10(2-4-11)5-8-18/h1-4,6-7,13,18H,5,8-9H2. The van der Waals surface area contributed by atoms with E-state index in [9.17, 15) is 8.78 Å². The number of alkyl halides is 2. The van der Waals surface area contributed by atoms with Crippen LogP contribution in [0.1, 0.15) is 17.9 Å². The first-order valence-electron chi connectivity index (χ1n) is 5.83. The Bertz CT molecular complexity index is 512. The fraction of sp³-hybridized carbons (Fsp3) is 0.308. The van der Waals surface area contributed by atoms with Crippen molar-refractivity contribution in [3.05, 3.63) is 48.0 Å². The molecule has 0 aliphatic rings. The number of aliphatic hydroxyl groups excluding tert-OH is 1. The van der Waals surface area contributed by atoms with Crippen molar-refractivity contribution in [1.82, 2.24) is 9.55 Å². The average molecular weight is 268 g/mol. The van der Waals surface area contributed by atoms with Gasteiger partial charge in [-0.05, 0) is 24.1 Å². The number of benzene rings is 1. The van der Waals surface area contributed by atoms with Crippen molar-refractivity contribution in [3.8, 4) is 5.75 Å². The van der Waals surface area contributed by atoms with E-state index in [4.69, 9.17) is 9.84 Å². The molecule has 0 saturated carbocycles. The molecule has 0 radical (unpaired) electrons. The smallest absolute Gasteiger partial charge is 0.320 e. The van der Waals surface area contributed by atoms with Gasteiger partial charge in [0.1, 0.15) is 12.4 Å². The lowest BCUT2D eigenvalue weighted by Crippen LogP contribution is -2.07. The Balaban J connectivity index is 1.96. The maximum atomic E-state index is 12.6. The van der Waals surface area contributed by atoms with Gasteiger partial charge in [-0.15, -0.1) is 0 Å². The van der Waals surface area contributed by atoms with Gasteiger partial charge >= 0.3 is 6.55 Å². The highest BCUT2D eigenvalue weighted by Crippen LogP contribution is 2.16. The molecule has 2 rings (SSSR count). The highest BCUT2D eigenvalue weighted by Gasteiger charge is 2.11. The van der Waals surface area contributed by atoms with Crippen LogP contribution in [0.15, 0.2) is 36.7 Å². The van der Waals surface area contributed by atoms with Crippen molar-refractivity contribution in [2.24, 2.45) is 0 Å². The second-order valence-corrected chi connectivity index (χ2v) is 3.93. The Hall–Kier alpha value is -1.95. The average Bonchev–Trinajstić information content (AvgIpc) is 2.87. The molecule has 6 heteroatoms. The normalized spacial score (nSPS) is 10.9. The molecule has 1 heterocycles. The Labute approximate surface area is 109 Å². The summed E-state index contributed by atoms with van der Waals surface area (Å²) in [6.07, 6.45) is 3.11. The van der Waals surface area contributed by atoms with Crippen molar-refractivity contribution in [3.63, 3.8) is 0 Å². The molecule has 0 atom stereocenters. The number of imidazole rings is 1. The molecule has 0 bridgehead atoms. The van der Waals surface area contributed by atoms with Gasteiger partial charge in [-0.25, -0.2) is 4.98 Å². The SMILES string of the molecule is OCCc1ccc(OCc2nccn2C(F)F)cc1. The first-order valence-corrected chi connectivity index (χ1v) is 5.83. The van der Waals surface area contributed by atoms with Crippen LogP contribution in [-0.2, 0) is 13.0 Å². The number of rotatable bonds is 6. The van der Waals surface area contributed by atoms with Gasteiger partial charge in [0.05, 0.1) is 0 Å². The number of halogens is 2. The maximum Gasteiger partial charge on any atom is 0.320 e. The van der Waals surface area contributed by atoms with Crippen molar-refractivity contribution >= 4 is 0 Å². The van der Waals surface area contributed by atoms with Gasteiger partial charge in [-0.1, -0.05) is 12.1 Å². The summed E-state index contributed by atoms with van der Waals surface area (Å²) in [4.78, 5) is 3.82. The Morgan fingerprint density at radius 2 is 2.00 bits per heavy atom. The van der Waals surface area contributed by atoms with Crippen LogP contribution in [0.5, 0.6) is 5.75 Å². The van der Waals surface area contributed by atoms with Crippen LogP contribution in [0.3, 0.4) is 0 Å². The minimum Gasteiger partial charge on any atom is -0.486 e. The third-order valence-electron chi connectivity index (χ3n) is 2.65. The van der Waals surface area contributed by atoms with Gasteiger partial charge in [-0.2, -0.15) is 8.78 Å². The zero-order valence-electron chi connectivity index (χ0n) is 10.2. The maximum absolute atomic E-state index is 12.6. The van der Waals surface area contributed by atoms with E-state index >= 15 is 0 Å². The second kappa shape index (κ2) is 6.29. The predicted molar refractivity (Wildman–Crippen MR) is 65.0 cm³/mol. The van der Waals surface area contributed by atoms with E-state index in [0.29, 0.717) is 12.2 Å². The lowest BCUT2D eigenvalue weighted by Gasteiger charge is -2.09. The van der Waals surface area contributed by atoms with E-state index in [2.05, 4.69) is 4.98 Å². The van der Waals surface area contributed by atoms with Crippen LogP contribution in [0.4, 0.5) is 8.78 Å². The molecule has 0 unspecified atom stereocenters. The number of hydrogen-bond donors (Lipinski definition) is 1. The number of ether oxygens (including phenoxy) is 1. The van der Waals surface area contributed by atoms with Crippen LogP contribution in [0.25, 0.3) is 0 Å². The summed E-state index contributed by atoms with van der Waals surface area (Å²) < 4.78 is 31.3. The number of hydrogen-bond acceptors (Lipinski definition) is 3. The largest absolute Gasteiger partial charge is 0.486 e. The van der Waals surface area contributed by atoms with Gasteiger partial charge in [0.15, 0.2) is 5.82 Å². The fourth-order valence-corrected chi connectivity index (χ4v) is 1.66. The van der Waals surface area contributed by atoms with Crippen molar-refractivity contribution < 1.29 is 18.6 Å². The highest BCUT2D eigenvalue weighted by atomic mass is 19.3. The summed E-state index contributed by atoms with van der Waals surface area (Å²) in [7, 11) is 0. The second-order valence-electron chi connectivity index (χ2n) is 3.93.